The molecule has 2 aromatic rings. The largest absolute Gasteiger partial charge is 0.493 e. The Kier molecular flexibility index (Phi) is 7.97. The number of hydrogen-bond acceptors (Lipinski definition) is 9. The molecule has 6 rings (SSSR count). The highest BCUT2D eigenvalue weighted by Gasteiger charge is 2.65. The highest BCUT2D eigenvalue weighted by Crippen LogP contribution is 2.63. The average Bonchev–Trinajstić information content (AvgIpc) is 3.35. The Morgan fingerprint density at radius 2 is 1.98 bits per heavy atom. The first-order chi connectivity index (χ1) is 21.1. The summed E-state index contributed by atoms with van der Waals surface area (Å²) in [5, 5.41) is 2.58. The number of nitrogens with zero attached hydrogens (tertiary/aromatic N) is 2. The van der Waals surface area contributed by atoms with Crippen LogP contribution in [-0.2, 0) is 32.8 Å². The molecule has 44 heavy (non-hydrogen) atoms. The predicted octanol–water partition coefficient (Wildman–Crippen LogP) is 1.25. The molecule has 1 spiro atoms. The molecule has 5 atom stereocenters. The van der Waals surface area contributed by atoms with Crippen LogP contribution < -0.4 is 31.0 Å². The van der Waals surface area contributed by atoms with E-state index in [1.807, 2.05) is 18.2 Å². The van der Waals surface area contributed by atoms with E-state index in [0.717, 1.165) is 43.7 Å². The van der Waals surface area contributed by atoms with Crippen LogP contribution in [0.3, 0.4) is 0 Å². The number of primary amides is 1. The summed E-state index contributed by atoms with van der Waals surface area (Å²) >= 11 is 0. The van der Waals surface area contributed by atoms with Gasteiger partial charge in [-0.1, -0.05) is 18.2 Å². The van der Waals surface area contributed by atoms with E-state index in [1.54, 1.807) is 26.3 Å². The molecule has 234 valence electrons. The molecule has 1 saturated heterocycles. The second-order valence-electron chi connectivity index (χ2n) is 12.3. The Morgan fingerprint density at radius 3 is 2.70 bits per heavy atom. The molecule has 12 nitrogen and oxygen atoms in total. The van der Waals surface area contributed by atoms with Crippen molar-refractivity contribution in [2.75, 3.05) is 33.8 Å². The number of nitrogens with two attached hydrogens (primary N) is 2. The lowest BCUT2D eigenvalue weighted by Crippen LogP contribution is -2.65. The molecule has 2 aliphatic heterocycles. The third-order valence-electron chi connectivity index (χ3n) is 9.76. The van der Waals surface area contributed by atoms with Gasteiger partial charge in [-0.25, -0.2) is 4.79 Å². The summed E-state index contributed by atoms with van der Waals surface area (Å²) in [6, 6.07) is 10.9. The van der Waals surface area contributed by atoms with Crippen LogP contribution in [0, 0.1) is 5.92 Å². The van der Waals surface area contributed by atoms with Gasteiger partial charge >= 0.3 is 6.09 Å². The van der Waals surface area contributed by atoms with E-state index in [9.17, 15) is 19.2 Å². The van der Waals surface area contributed by atoms with Gasteiger partial charge in [0.1, 0.15) is 5.75 Å². The van der Waals surface area contributed by atoms with Crippen LogP contribution in [0.2, 0.25) is 0 Å². The lowest BCUT2D eigenvalue weighted by molar-refractivity contribution is -0.139. The minimum atomic E-state index is -1.03. The van der Waals surface area contributed by atoms with Gasteiger partial charge < -0.3 is 35.9 Å². The number of Topliss-reactive ketones (excluding diaryl/α,β-unsaturated/α-hetero) is 1. The van der Waals surface area contributed by atoms with Gasteiger partial charge in [0.25, 0.3) is 0 Å². The van der Waals surface area contributed by atoms with E-state index in [-0.39, 0.29) is 30.7 Å². The molecule has 12 heteroatoms. The third kappa shape index (κ3) is 5.15. The number of ketones is 1. The standard InChI is InChI=1S/C32H39N5O7/c1-36(14-12-35-30(40)22(33)16-26(34)39)31(41)43-20-6-3-18(4-7-20)17-37-13-11-32-21-8-9-24(38)29(32)44-28-25(42-2)10-5-19(27(28)32)15-23(21)37/h3-7,10,21-23,29H,8-9,11-17,33H2,1-2H3,(H2,34,39)(H,35,40)/t21-,22-,23?,29-,32-/m0/s1. The van der Waals surface area contributed by atoms with Gasteiger partial charge in [0.15, 0.2) is 23.4 Å². The van der Waals surface area contributed by atoms with Gasteiger partial charge in [-0.2, -0.15) is 0 Å². The summed E-state index contributed by atoms with van der Waals surface area (Å²) in [6.07, 6.45) is 1.92. The zero-order valence-corrected chi connectivity index (χ0v) is 25.0. The molecule has 4 aliphatic rings. The molecule has 0 aromatic heterocycles. The first kappa shape index (κ1) is 29.9. The lowest BCUT2D eigenvalue weighted by Gasteiger charge is -2.57. The first-order valence-electron chi connectivity index (χ1n) is 15.1. The summed E-state index contributed by atoms with van der Waals surface area (Å²) < 4.78 is 17.5. The number of benzene rings is 2. The molecular formula is C32H39N5O7. The highest BCUT2D eigenvalue weighted by atomic mass is 16.6. The zero-order valence-electron chi connectivity index (χ0n) is 25.0. The number of carbonyl (C=O) groups is 4. The first-order valence-corrected chi connectivity index (χ1v) is 15.1. The Labute approximate surface area is 256 Å². The van der Waals surface area contributed by atoms with Crippen molar-refractivity contribution in [1.29, 1.82) is 0 Å². The summed E-state index contributed by atoms with van der Waals surface area (Å²) in [4.78, 5) is 52.4. The zero-order chi connectivity index (χ0) is 31.2. The van der Waals surface area contributed by atoms with Gasteiger partial charge in [-0.05, 0) is 61.1 Å². The second kappa shape index (κ2) is 11.7. The Hall–Kier alpha value is -4.16. The summed E-state index contributed by atoms with van der Waals surface area (Å²) in [6.45, 7) is 1.95. The lowest BCUT2D eigenvalue weighted by atomic mass is 9.51. The number of hydrogen-bond donors (Lipinski definition) is 3. The van der Waals surface area contributed by atoms with Crippen LogP contribution in [0.15, 0.2) is 36.4 Å². The van der Waals surface area contributed by atoms with Crippen LogP contribution in [0.1, 0.15) is 42.4 Å². The minimum Gasteiger partial charge on any atom is -0.493 e. The number of nitrogens with one attached hydrogen (secondary N) is 1. The van der Waals surface area contributed by atoms with Gasteiger partial charge in [-0.3, -0.25) is 19.3 Å². The van der Waals surface area contributed by atoms with Crippen molar-refractivity contribution in [3.8, 4) is 17.2 Å². The number of likely N-dealkylation sites (tertiary alicyclic amines) is 1. The second-order valence-corrected chi connectivity index (χ2v) is 12.3. The number of amides is 3. The molecule has 0 radical (unpaired) electrons. The predicted molar refractivity (Wildman–Crippen MR) is 159 cm³/mol. The maximum Gasteiger partial charge on any atom is 0.415 e. The molecule has 2 aliphatic carbocycles. The van der Waals surface area contributed by atoms with Crippen molar-refractivity contribution in [3.63, 3.8) is 0 Å². The Balaban J connectivity index is 1.07. The van der Waals surface area contributed by atoms with Crippen LogP contribution in [-0.4, -0.2) is 85.5 Å². The number of carbonyl (C=O) groups excluding carboxylic acids is 4. The van der Waals surface area contributed by atoms with E-state index in [1.165, 1.54) is 16.0 Å². The van der Waals surface area contributed by atoms with Crippen LogP contribution in [0.4, 0.5) is 4.79 Å². The summed E-state index contributed by atoms with van der Waals surface area (Å²) in [5.41, 5.74) is 14.0. The number of ether oxygens (including phenoxy) is 3. The maximum atomic E-state index is 13.1. The fourth-order valence-corrected chi connectivity index (χ4v) is 7.71. The van der Waals surface area contributed by atoms with Gasteiger partial charge in [-0.15, -0.1) is 0 Å². The van der Waals surface area contributed by atoms with Crippen molar-refractivity contribution < 1.29 is 33.4 Å². The molecule has 1 unspecified atom stereocenters. The number of likely N-dealkylation sites (N-methyl/N-ethyl adjacent to an activating group) is 1. The minimum absolute atomic E-state index is 0.148. The molecule has 2 heterocycles. The number of piperidine rings is 1. The summed E-state index contributed by atoms with van der Waals surface area (Å²) in [7, 11) is 3.21. The fourth-order valence-electron chi connectivity index (χ4n) is 7.71. The Bertz CT molecular complexity index is 1480. The van der Waals surface area contributed by atoms with Crippen molar-refractivity contribution >= 4 is 23.7 Å². The van der Waals surface area contributed by atoms with Crippen LogP contribution in [0.5, 0.6) is 17.2 Å². The third-order valence-corrected chi connectivity index (χ3v) is 9.76. The number of methoxy groups -OCH3 is 1. The SMILES string of the molecule is COc1ccc2c3c1O[C@H]1C(=O)CC[C@H]4C(C2)N(Cc2ccc(OC(=O)N(C)CCNC(=O)[C@@H](N)CC(N)=O)cc2)CC[C@]314. The van der Waals surface area contributed by atoms with Crippen molar-refractivity contribution in [1.82, 2.24) is 15.1 Å². The van der Waals surface area contributed by atoms with Crippen molar-refractivity contribution in [2.45, 2.75) is 62.3 Å². The smallest absolute Gasteiger partial charge is 0.415 e. The van der Waals surface area contributed by atoms with Crippen LogP contribution in [0.25, 0.3) is 0 Å². The molecule has 1 saturated carbocycles. The van der Waals surface area contributed by atoms with E-state index < -0.39 is 30.1 Å². The van der Waals surface area contributed by atoms with Crippen molar-refractivity contribution in [2.24, 2.45) is 17.4 Å². The van der Waals surface area contributed by atoms with Gasteiger partial charge in [0, 0.05) is 50.1 Å². The van der Waals surface area contributed by atoms with Gasteiger partial charge in [0.2, 0.25) is 11.8 Å². The Morgan fingerprint density at radius 1 is 1.20 bits per heavy atom. The molecule has 3 amide bonds. The van der Waals surface area contributed by atoms with E-state index in [2.05, 4.69) is 16.3 Å². The molecule has 5 N–H and O–H groups in total. The topological polar surface area (TPSA) is 167 Å². The summed E-state index contributed by atoms with van der Waals surface area (Å²) in [5.74, 6) is 1.25. The molecule has 2 fully saturated rings. The van der Waals surface area contributed by atoms with E-state index in [4.69, 9.17) is 25.7 Å². The van der Waals surface area contributed by atoms with Gasteiger partial charge in [0.05, 0.1) is 19.6 Å². The maximum absolute atomic E-state index is 13.1. The fraction of sp³-hybridized carbons (Fsp3) is 0.500. The highest BCUT2D eigenvalue weighted by molar-refractivity contribution is 5.89. The molecular weight excluding hydrogens is 566 g/mol. The quantitative estimate of drug-likeness (QED) is 0.361. The van der Waals surface area contributed by atoms with E-state index >= 15 is 0 Å². The van der Waals surface area contributed by atoms with E-state index in [0.29, 0.717) is 29.9 Å². The number of rotatable bonds is 10. The van der Waals surface area contributed by atoms with Crippen molar-refractivity contribution in [3.05, 3.63) is 53.1 Å². The average molecular weight is 606 g/mol. The normalized spacial score (nSPS) is 25.3. The monoisotopic (exact) mass is 605 g/mol. The molecule has 2 bridgehead atoms. The molecule has 2 aromatic carbocycles. The van der Waals surface area contributed by atoms with Crippen LogP contribution >= 0.6 is 0 Å².